The van der Waals surface area contributed by atoms with Crippen molar-refractivity contribution in [2.24, 2.45) is 0 Å². The third kappa shape index (κ3) is 4.56. The second-order valence-electron chi connectivity index (χ2n) is 6.43. The van der Waals surface area contributed by atoms with Gasteiger partial charge >= 0.3 is 183 Å². The van der Waals surface area contributed by atoms with Crippen LogP contribution in [0.3, 0.4) is 0 Å². The topological polar surface area (TPSA) is 34.1 Å². The van der Waals surface area contributed by atoms with E-state index < -0.39 is 13.3 Å². The summed E-state index contributed by atoms with van der Waals surface area (Å²) in [7, 11) is 0. The van der Waals surface area contributed by atoms with Gasteiger partial charge in [0, 0.05) is 0 Å². The Kier molecular flexibility index (Phi) is 8.26. The number of carbonyl (C=O) groups excluding carboxylic acids is 2. The Morgan fingerprint density at radius 3 is 1.26 bits per heavy atom. The fourth-order valence-electron chi connectivity index (χ4n) is 3.44. The zero-order valence-electron chi connectivity index (χ0n) is 15.1. The van der Waals surface area contributed by atoms with Crippen molar-refractivity contribution >= 4 is 68.9 Å². The number of hydrogen-bond acceptors (Lipinski definition) is 2. The van der Waals surface area contributed by atoms with Crippen LogP contribution >= 0.6 is 46.4 Å². The molecule has 144 valence electrons. The molecule has 0 saturated carbocycles. The molecule has 0 radical (unpaired) electrons. The van der Waals surface area contributed by atoms with E-state index in [1.165, 1.54) is 0 Å². The minimum atomic E-state index is -3.89. The summed E-state index contributed by atoms with van der Waals surface area (Å²) in [5.41, 5.74) is 0.499. The second kappa shape index (κ2) is 9.80. The summed E-state index contributed by atoms with van der Waals surface area (Å²) >= 11 is 21.3. The molecular formula is C20H20Cl4GeO2. The van der Waals surface area contributed by atoms with Crippen molar-refractivity contribution in [2.45, 2.75) is 37.2 Å². The van der Waals surface area contributed by atoms with E-state index in [0.29, 0.717) is 23.3 Å². The first-order chi connectivity index (χ1) is 12.8. The van der Waals surface area contributed by atoms with E-state index in [0.717, 1.165) is 0 Å². The molecular weight excluding hydrogens is 487 g/mol. The first-order valence-corrected chi connectivity index (χ1v) is 15.4. The standard InChI is InChI=1S/C20H20Cl4GeO2/c1-3-11-25(12-4-2,19(26)17-13(21)7-5-8-14(17)22)20(27)18-15(23)9-6-10-16(18)24/h5-10H,3-4,11-12H2,1-2H3. The number of carbonyl (C=O) groups is 2. The van der Waals surface area contributed by atoms with Crippen molar-refractivity contribution in [3.05, 3.63) is 67.6 Å². The van der Waals surface area contributed by atoms with Crippen LogP contribution in [0.2, 0.25) is 30.6 Å². The minimum absolute atomic E-state index is 0.199. The van der Waals surface area contributed by atoms with Crippen molar-refractivity contribution in [3.8, 4) is 0 Å². The molecule has 2 aromatic carbocycles. The van der Waals surface area contributed by atoms with Crippen LogP contribution in [0, 0.1) is 0 Å². The molecule has 0 amide bonds. The van der Waals surface area contributed by atoms with Crippen LogP contribution in [0.25, 0.3) is 0 Å². The van der Waals surface area contributed by atoms with Gasteiger partial charge in [0.2, 0.25) is 0 Å². The van der Waals surface area contributed by atoms with Gasteiger partial charge in [0.1, 0.15) is 0 Å². The normalized spacial score (nSPS) is 11.5. The zero-order valence-corrected chi connectivity index (χ0v) is 20.2. The fraction of sp³-hybridized carbons (Fsp3) is 0.300. The molecule has 0 unspecified atom stereocenters. The quantitative estimate of drug-likeness (QED) is 0.344. The van der Waals surface area contributed by atoms with E-state index in [9.17, 15) is 9.59 Å². The molecule has 0 saturated heterocycles. The summed E-state index contributed by atoms with van der Waals surface area (Å²) in [6.45, 7) is 3.94. The fourth-order valence-corrected chi connectivity index (χ4v) is 14.8. The van der Waals surface area contributed by atoms with Crippen LogP contribution in [0.15, 0.2) is 36.4 Å². The Labute approximate surface area is 182 Å². The third-order valence-electron chi connectivity index (χ3n) is 4.60. The van der Waals surface area contributed by atoms with Gasteiger partial charge in [-0.3, -0.25) is 0 Å². The second-order valence-corrected chi connectivity index (χ2v) is 16.6. The van der Waals surface area contributed by atoms with Gasteiger partial charge in [0.25, 0.3) is 0 Å². The van der Waals surface area contributed by atoms with Gasteiger partial charge < -0.3 is 0 Å². The average Bonchev–Trinajstić information content (AvgIpc) is 2.60. The van der Waals surface area contributed by atoms with Crippen molar-refractivity contribution in [1.82, 2.24) is 0 Å². The SMILES string of the molecule is CC[CH2][Ge]([CH2]CC)([C](=O)c1c(Cl)cccc1Cl)[C](=O)c1c(Cl)cccc1Cl. The summed E-state index contributed by atoms with van der Waals surface area (Å²) in [5, 5.41) is 2.16. The van der Waals surface area contributed by atoms with Gasteiger partial charge in [-0.1, -0.05) is 0 Å². The predicted molar refractivity (Wildman–Crippen MR) is 118 cm³/mol. The Morgan fingerprint density at radius 1 is 0.704 bits per heavy atom. The number of benzene rings is 2. The molecule has 0 heterocycles. The van der Waals surface area contributed by atoms with E-state index in [1.807, 2.05) is 13.8 Å². The van der Waals surface area contributed by atoms with Crippen molar-refractivity contribution in [1.29, 1.82) is 0 Å². The van der Waals surface area contributed by atoms with E-state index >= 15 is 0 Å². The summed E-state index contributed by atoms with van der Waals surface area (Å²) in [6, 6.07) is 9.86. The Morgan fingerprint density at radius 2 is 1.00 bits per heavy atom. The molecule has 0 aliphatic rings. The third-order valence-corrected chi connectivity index (χ3v) is 16.2. The molecule has 0 aromatic heterocycles. The summed E-state index contributed by atoms with van der Waals surface area (Å²) in [5.74, 6) is 0. The Bertz CT molecular complexity index is 755. The van der Waals surface area contributed by atoms with E-state index in [2.05, 4.69) is 0 Å². The molecule has 7 heteroatoms. The number of halogens is 4. The first-order valence-electron chi connectivity index (χ1n) is 8.77. The monoisotopic (exact) mass is 506 g/mol. The van der Waals surface area contributed by atoms with Gasteiger partial charge in [0.05, 0.1) is 0 Å². The van der Waals surface area contributed by atoms with Crippen molar-refractivity contribution in [2.75, 3.05) is 0 Å². The molecule has 2 nitrogen and oxygen atoms in total. The molecule has 0 aliphatic heterocycles. The van der Waals surface area contributed by atoms with Crippen LogP contribution in [-0.4, -0.2) is 22.5 Å². The predicted octanol–water partition coefficient (Wildman–Crippen LogP) is 7.71. The van der Waals surface area contributed by atoms with Gasteiger partial charge in [-0.05, 0) is 0 Å². The molecule has 2 aromatic rings. The van der Waals surface area contributed by atoms with Crippen LogP contribution in [0.5, 0.6) is 0 Å². The number of hydrogen-bond donors (Lipinski definition) is 0. The van der Waals surface area contributed by atoms with Crippen molar-refractivity contribution in [3.63, 3.8) is 0 Å². The van der Waals surface area contributed by atoms with Gasteiger partial charge in [-0.15, -0.1) is 0 Å². The van der Waals surface area contributed by atoms with E-state index in [1.54, 1.807) is 36.4 Å². The van der Waals surface area contributed by atoms with Gasteiger partial charge in [0.15, 0.2) is 0 Å². The molecule has 2 rings (SSSR count). The first kappa shape index (κ1) is 22.8. The molecule has 0 bridgehead atoms. The van der Waals surface area contributed by atoms with Gasteiger partial charge in [-0.25, -0.2) is 0 Å². The van der Waals surface area contributed by atoms with Crippen molar-refractivity contribution < 1.29 is 9.59 Å². The van der Waals surface area contributed by atoms with Gasteiger partial charge in [-0.2, -0.15) is 0 Å². The summed E-state index contributed by atoms with van der Waals surface area (Å²) < 4.78 is -0.398. The Hall–Kier alpha value is -0.517. The Balaban J connectivity index is 2.72. The van der Waals surface area contributed by atoms with Crippen LogP contribution < -0.4 is 0 Å². The summed E-state index contributed by atoms with van der Waals surface area (Å²) in [4.78, 5) is 27.5. The molecule has 0 atom stereocenters. The average molecular weight is 507 g/mol. The molecule has 0 N–H and O–H groups in total. The molecule has 27 heavy (non-hydrogen) atoms. The molecule has 0 spiro atoms. The number of rotatable bonds is 8. The molecule has 0 aliphatic carbocycles. The van der Waals surface area contributed by atoms with Crippen LogP contribution in [0.1, 0.15) is 47.4 Å². The van der Waals surface area contributed by atoms with E-state index in [4.69, 9.17) is 46.4 Å². The summed E-state index contributed by atoms with van der Waals surface area (Å²) in [6.07, 6.45) is 1.42. The van der Waals surface area contributed by atoms with Crippen LogP contribution in [0.4, 0.5) is 0 Å². The molecule has 0 fully saturated rings. The maximum atomic E-state index is 13.7. The maximum absolute atomic E-state index is 13.7. The van der Waals surface area contributed by atoms with Crippen LogP contribution in [-0.2, 0) is 0 Å². The van der Waals surface area contributed by atoms with E-state index in [-0.39, 0.29) is 40.4 Å². The zero-order chi connectivity index (χ0) is 20.2.